The van der Waals surface area contributed by atoms with Gasteiger partial charge in [0.1, 0.15) is 5.75 Å². The Morgan fingerprint density at radius 1 is 1.22 bits per heavy atom. The summed E-state index contributed by atoms with van der Waals surface area (Å²) in [6.07, 6.45) is -1.67. The maximum atomic E-state index is 12.3. The predicted molar refractivity (Wildman–Crippen MR) is 101 cm³/mol. The van der Waals surface area contributed by atoms with Crippen molar-refractivity contribution in [1.82, 2.24) is 10.6 Å². The number of piperidine rings is 1. The van der Waals surface area contributed by atoms with E-state index in [1.807, 2.05) is 6.92 Å². The molecule has 0 spiro atoms. The summed E-state index contributed by atoms with van der Waals surface area (Å²) >= 11 is 0. The van der Waals surface area contributed by atoms with Crippen molar-refractivity contribution in [3.05, 3.63) is 29.8 Å². The number of hydrogen-bond donors (Lipinski definition) is 2. The number of hydrogen-bond acceptors (Lipinski definition) is 3. The standard InChI is InChI=1S/C19H27F3N2O2.ClH/c1-13(15-7-9-23-10-8-15)11-18(25)24-14(2)16-3-5-17(6-4-16)26-12-19(20,21)22;/h3-6,13-15,23H,7-12H2,1-2H3,(H,24,25);1H. The van der Waals surface area contributed by atoms with Crippen LogP contribution in [0.3, 0.4) is 0 Å². The molecule has 1 saturated heterocycles. The van der Waals surface area contributed by atoms with Crippen molar-refractivity contribution in [3.8, 4) is 5.75 Å². The highest BCUT2D eigenvalue weighted by Crippen LogP contribution is 2.25. The fraction of sp³-hybridized carbons (Fsp3) is 0.632. The molecule has 154 valence electrons. The third-order valence-corrected chi connectivity index (χ3v) is 4.86. The van der Waals surface area contributed by atoms with Crippen LogP contribution in [0.1, 0.15) is 44.7 Å². The van der Waals surface area contributed by atoms with Crippen LogP contribution in [0.15, 0.2) is 24.3 Å². The van der Waals surface area contributed by atoms with Crippen LogP contribution in [0.2, 0.25) is 0 Å². The van der Waals surface area contributed by atoms with Crippen LogP contribution < -0.4 is 15.4 Å². The number of nitrogens with one attached hydrogen (secondary N) is 2. The van der Waals surface area contributed by atoms with E-state index in [4.69, 9.17) is 0 Å². The summed E-state index contributed by atoms with van der Waals surface area (Å²) in [5.74, 6) is 1.06. The smallest absolute Gasteiger partial charge is 0.422 e. The van der Waals surface area contributed by atoms with E-state index in [9.17, 15) is 18.0 Å². The first-order valence-corrected chi connectivity index (χ1v) is 9.04. The van der Waals surface area contributed by atoms with Gasteiger partial charge in [0.05, 0.1) is 6.04 Å². The minimum atomic E-state index is -4.36. The summed E-state index contributed by atoms with van der Waals surface area (Å²) in [7, 11) is 0. The van der Waals surface area contributed by atoms with Crippen molar-refractivity contribution in [2.24, 2.45) is 11.8 Å². The van der Waals surface area contributed by atoms with E-state index < -0.39 is 12.8 Å². The highest BCUT2D eigenvalue weighted by atomic mass is 35.5. The number of ether oxygens (including phenoxy) is 1. The fourth-order valence-corrected chi connectivity index (χ4v) is 3.27. The molecule has 4 nitrogen and oxygen atoms in total. The van der Waals surface area contributed by atoms with Gasteiger partial charge < -0.3 is 15.4 Å². The second-order valence-electron chi connectivity index (χ2n) is 7.03. The van der Waals surface area contributed by atoms with Crippen molar-refractivity contribution < 1.29 is 22.7 Å². The van der Waals surface area contributed by atoms with Gasteiger partial charge in [-0.2, -0.15) is 13.2 Å². The molecule has 1 heterocycles. The summed E-state index contributed by atoms with van der Waals surface area (Å²) in [5.41, 5.74) is 0.826. The number of rotatable bonds is 7. The molecule has 0 saturated carbocycles. The highest BCUT2D eigenvalue weighted by molar-refractivity contribution is 5.85. The number of carbonyl (C=O) groups excluding carboxylic acids is 1. The molecule has 1 amide bonds. The molecule has 2 N–H and O–H groups in total. The zero-order valence-electron chi connectivity index (χ0n) is 15.6. The summed E-state index contributed by atoms with van der Waals surface area (Å²) in [5, 5.41) is 6.29. The molecular weight excluding hydrogens is 381 g/mol. The zero-order valence-corrected chi connectivity index (χ0v) is 16.5. The Morgan fingerprint density at radius 3 is 2.37 bits per heavy atom. The van der Waals surface area contributed by atoms with Gasteiger partial charge in [0.2, 0.25) is 5.91 Å². The van der Waals surface area contributed by atoms with Crippen molar-refractivity contribution in [2.75, 3.05) is 19.7 Å². The van der Waals surface area contributed by atoms with E-state index in [0.717, 1.165) is 31.5 Å². The Bertz CT molecular complexity index is 575. The first-order chi connectivity index (χ1) is 12.2. The molecule has 0 aliphatic carbocycles. The zero-order chi connectivity index (χ0) is 19.2. The number of benzene rings is 1. The van der Waals surface area contributed by atoms with Crippen molar-refractivity contribution >= 4 is 18.3 Å². The Labute approximate surface area is 164 Å². The van der Waals surface area contributed by atoms with Crippen LogP contribution in [0.25, 0.3) is 0 Å². The lowest BCUT2D eigenvalue weighted by Crippen LogP contribution is -2.34. The summed E-state index contributed by atoms with van der Waals surface area (Å²) < 4.78 is 41.2. The number of halogens is 4. The second kappa shape index (κ2) is 10.8. The van der Waals surface area contributed by atoms with Gasteiger partial charge in [-0.3, -0.25) is 4.79 Å². The van der Waals surface area contributed by atoms with Gasteiger partial charge in [0.15, 0.2) is 6.61 Å². The molecule has 0 bridgehead atoms. The summed E-state index contributed by atoms with van der Waals surface area (Å²) in [6, 6.07) is 6.11. The van der Waals surface area contributed by atoms with Crippen LogP contribution in [0.5, 0.6) is 5.75 Å². The Hall–Kier alpha value is -1.47. The molecule has 8 heteroatoms. The van der Waals surface area contributed by atoms with Crippen LogP contribution in [0.4, 0.5) is 13.2 Å². The minimum Gasteiger partial charge on any atom is -0.484 e. The lowest BCUT2D eigenvalue weighted by molar-refractivity contribution is -0.153. The summed E-state index contributed by atoms with van der Waals surface area (Å²) in [4.78, 5) is 12.3. The number of carbonyl (C=O) groups is 1. The van der Waals surface area contributed by atoms with Gasteiger partial charge in [-0.25, -0.2) is 0 Å². The molecule has 0 aromatic heterocycles. The fourth-order valence-electron chi connectivity index (χ4n) is 3.27. The number of alkyl halides is 3. The Kier molecular flexibility index (Phi) is 9.39. The SMILES string of the molecule is CC(NC(=O)CC(C)C1CCNCC1)c1ccc(OCC(F)(F)F)cc1.Cl. The molecule has 1 fully saturated rings. The van der Waals surface area contributed by atoms with Crippen molar-refractivity contribution in [2.45, 2.75) is 45.3 Å². The van der Waals surface area contributed by atoms with Gasteiger partial charge in [-0.1, -0.05) is 19.1 Å². The average molecular weight is 409 g/mol. The lowest BCUT2D eigenvalue weighted by Gasteiger charge is -2.28. The largest absolute Gasteiger partial charge is 0.484 e. The topological polar surface area (TPSA) is 50.4 Å². The van der Waals surface area contributed by atoms with Gasteiger partial charge >= 0.3 is 6.18 Å². The van der Waals surface area contributed by atoms with Crippen LogP contribution >= 0.6 is 12.4 Å². The Morgan fingerprint density at radius 2 is 1.81 bits per heavy atom. The molecule has 0 radical (unpaired) electrons. The van der Waals surface area contributed by atoms with Gasteiger partial charge in [0, 0.05) is 6.42 Å². The number of amides is 1. The van der Waals surface area contributed by atoms with Gasteiger partial charge in [0.25, 0.3) is 0 Å². The molecular formula is C19H28ClF3N2O2. The van der Waals surface area contributed by atoms with E-state index in [-0.39, 0.29) is 30.1 Å². The monoisotopic (exact) mass is 408 g/mol. The normalized spacial score (nSPS) is 17.5. The second-order valence-corrected chi connectivity index (χ2v) is 7.03. The third kappa shape index (κ3) is 8.39. The molecule has 2 rings (SSSR count). The van der Waals surface area contributed by atoms with Crippen LogP contribution in [-0.4, -0.2) is 31.8 Å². The first kappa shape index (κ1) is 23.6. The summed E-state index contributed by atoms with van der Waals surface area (Å²) in [6.45, 7) is 4.68. The molecule has 27 heavy (non-hydrogen) atoms. The van der Waals surface area contributed by atoms with Gasteiger partial charge in [-0.15, -0.1) is 12.4 Å². The van der Waals surface area contributed by atoms with Crippen molar-refractivity contribution in [1.29, 1.82) is 0 Å². The predicted octanol–water partition coefficient (Wildman–Crippen LogP) is 4.25. The average Bonchev–Trinajstić information content (AvgIpc) is 2.60. The molecule has 1 aromatic carbocycles. The van der Waals surface area contributed by atoms with E-state index in [2.05, 4.69) is 22.3 Å². The van der Waals surface area contributed by atoms with Crippen LogP contribution in [-0.2, 0) is 4.79 Å². The van der Waals surface area contributed by atoms with Crippen molar-refractivity contribution in [3.63, 3.8) is 0 Å². The highest BCUT2D eigenvalue weighted by Gasteiger charge is 2.28. The maximum absolute atomic E-state index is 12.3. The van der Waals surface area contributed by atoms with Crippen LogP contribution in [0, 0.1) is 11.8 Å². The molecule has 2 atom stereocenters. The maximum Gasteiger partial charge on any atom is 0.422 e. The molecule has 1 aliphatic rings. The van der Waals surface area contributed by atoms with E-state index >= 15 is 0 Å². The van der Waals surface area contributed by atoms with Gasteiger partial charge in [-0.05, 0) is 62.4 Å². The molecule has 2 unspecified atom stereocenters. The first-order valence-electron chi connectivity index (χ1n) is 9.04. The Balaban J connectivity index is 0.00000364. The van der Waals surface area contributed by atoms with E-state index in [0.29, 0.717) is 18.3 Å². The third-order valence-electron chi connectivity index (χ3n) is 4.86. The lowest BCUT2D eigenvalue weighted by atomic mass is 9.84. The molecule has 1 aliphatic heterocycles. The minimum absolute atomic E-state index is 0. The molecule has 1 aromatic rings. The quantitative estimate of drug-likeness (QED) is 0.709. The van der Waals surface area contributed by atoms with E-state index in [1.165, 1.54) is 12.1 Å². The van der Waals surface area contributed by atoms with E-state index in [1.54, 1.807) is 12.1 Å².